The number of ether oxygens (including phenoxy) is 2. The predicted octanol–water partition coefficient (Wildman–Crippen LogP) is 3.64. The van der Waals surface area contributed by atoms with E-state index in [0.717, 1.165) is 16.7 Å². The summed E-state index contributed by atoms with van der Waals surface area (Å²) in [6, 6.07) is 3.81. The van der Waals surface area contributed by atoms with Gasteiger partial charge >= 0.3 is 17.6 Å². The molecule has 0 N–H and O–H groups in total. The number of hydrogen-bond donors (Lipinski definition) is 0. The van der Waals surface area contributed by atoms with Gasteiger partial charge in [0.15, 0.2) is 5.75 Å². The molecule has 1 aromatic carbocycles. The van der Waals surface area contributed by atoms with E-state index >= 15 is 0 Å². The fourth-order valence-electron chi connectivity index (χ4n) is 3.09. The Morgan fingerprint density at radius 1 is 1.04 bits per heavy atom. The Labute approximate surface area is 151 Å². The molecule has 0 saturated heterocycles. The zero-order valence-electron chi connectivity index (χ0n) is 15.8. The predicted molar refractivity (Wildman–Crippen MR) is 96.6 cm³/mol. The molecule has 26 heavy (non-hydrogen) atoms. The molecule has 6 heteroatoms. The van der Waals surface area contributed by atoms with Crippen LogP contribution in [0.4, 0.5) is 0 Å². The maximum atomic E-state index is 12.7. The molecule has 2 rings (SSSR count). The van der Waals surface area contributed by atoms with E-state index in [1.807, 2.05) is 32.9 Å². The second-order valence-electron chi connectivity index (χ2n) is 6.11. The Bertz CT molecular complexity index is 913. The lowest BCUT2D eigenvalue weighted by molar-refractivity contribution is -0.131. The summed E-state index contributed by atoms with van der Waals surface area (Å²) in [5.41, 5.74) is 2.52. The Kier molecular flexibility index (Phi) is 5.65. The summed E-state index contributed by atoms with van der Waals surface area (Å²) in [7, 11) is 0. The van der Waals surface area contributed by atoms with Crippen LogP contribution in [0.2, 0.25) is 0 Å². The molecule has 1 aromatic heterocycles. The van der Waals surface area contributed by atoms with Crippen molar-refractivity contribution in [2.24, 2.45) is 0 Å². The van der Waals surface area contributed by atoms with Crippen molar-refractivity contribution >= 4 is 11.9 Å². The minimum Gasteiger partial charge on any atom is -0.462 e. The molecule has 1 heterocycles. The maximum absolute atomic E-state index is 12.7. The number of carbonyl (C=O) groups is 2. The van der Waals surface area contributed by atoms with Crippen LogP contribution in [0, 0.1) is 27.7 Å². The molecule has 0 aliphatic carbocycles. The van der Waals surface area contributed by atoms with Crippen molar-refractivity contribution in [1.82, 2.24) is 0 Å². The molecule has 0 aliphatic rings. The highest BCUT2D eigenvalue weighted by atomic mass is 16.5. The van der Waals surface area contributed by atoms with Gasteiger partial charge in [0.2, 0.25) is 0 Å². The van der Waals surface area contributed by atoms with Gasteiger partial charge in [0.1, 0.15) is 16.9 Å². The van der Waals surface area contributed by atoms with Gasteiger partial charge in [-0.3, -0.25) is 4.79 Å². The summed E-state index contributed by atoms with van der Waals surface area (Å²) >= 11 is 0. The van der Waals surface area contributed by atoms with Gasteiger partial charge in [-0.15, -0.1) is 0 Å². The average molecular weight is 358 g/mol. The molecule has 0 radical (unpaired) electrons. The quantitative estimate of drug-likeness (QED) is 0.776. The molecule has 0 aliphatic heterocycles. The van der Waals surface area contributed by atoms with Crippen molar-refractivity contribution in [2.45, 2.75) is 41.5 Å². The summed E-state index contributed by atoms with van der Waals surface area (Å²) in [6.07, 6.45) is 0. The number of rotatable bonds is 4. The zero-order valence-corrected chi connectivity index (χ0v) is 15.8. The minimum atomic E-state index is -0.714. The highest BCUT2D eigenvalue weighted by molar-refractivity contribution is 5.97. The molecule has 6 nitrogen and oxygen atoms in total. The first-order valence-electron chi connectivity index (χ1n) is 8.28. The average Bonchev–Trinajstić information content (AvgIpc) is 2.48. The first-order valence-corrected chi connectivity index (χ1v) is 8.28. The molecule has 0 bridgehead atoms. The van der Waals surface area contributed by atoms with Crippen LogP contribution in [0.1, 0.15) is 46.7 Å². The summed E-state index contributed by atoms with van der Waals surface area (Å²) < 4.78 is 15.6. The largest absolute Gasteiger partial charge is 0.462 e. The van der Waals surface area contributed by atoms with E-state index in [9.17, 15) is 14.4 Å². The molecule has 0 saturated carbocycles. The summed E-state index contributed by atoms with van der Waals surface area (Å²) in [4.78, 5) is 36.7. The van der Waals surface area contributed by atoms with Gasteiger partial charge in [-0.1, -0.05) is 17.7 Å². The van der Waals surface area contributed by atoms with E-state index in [-0.39, 0.29) is 29.2 Å². The van der Waals surface area contributed by atoms with E-state index in [0.29, 0.717) is 5.56 Å². The van der Waals surface area contributed by atoms with E-state index in [2.05, 4.69) is 0 Å². The van der Waals surface area contributed by atoms with Gasteiger partial charge in [-0.25, -0.2) is 9.59 Å². The third kappa shape index (κ3) is 3.69. The van der Waals surface area contributed by atoms with Gasteiger partial charge in [0.25, 0.3) is 0 Å². The fourth-order valence-corrected chi connectivity index (χ4v) is 3.09. The number of hydrogen-bond acceptors (Lipinski definition) is 6. The van der Waals surface area contributed by atoms with Crippen LogP contribution >= 0.6 is 0 Å². The van der Waals surface area contributed by atoms with E-state index in [4.69, 9.17) is 13.9 Å². The van der Waals surface area contributed by atoms with Crippen LogP contribution in [0.25, 0.3) is 11.1 Å². The summed E-state index contributed by atoms with van der Waals surface area (Å²) in [6.45, 7) is 10.1. The van der Waals surface area contributed by atoms with Crippen molar-refractivity contribution < 1.29 is 23.5 Å². The number of esters is 2. The third-order valence-electron chi connectivity index (χ3n) is 3.91. The van der Waals surface area contributed by atoms with Crippen LogP contribution in [0.15, 0.2) is 21.3 Å². The fraction of sp³-hybridized carbons (Fsp3) is 0.350. The molecule has 2 aromatic rings. The summed E-state index contributed by atoms with van der Waals surface area (Å²) in [5.74, 6) is -1.45. The Morgan fingerprint density at radius 2 is 1.62 bits per heavy atom. The van der Waals surface area contributed by atoms with E-state index in [1.165, 1.54) is 13.8 Å². The molecular formula is C20H22O6. The highest BCUT2D eigenvalue weighted by Crippen LogP contribution is 2.37. The topological polar surface area (TPSA) is 82.8 Å². The van der Waals surface area contributed by atoms with Crippen LogP contribution in [-0.4, -0.2) is 18.5 Å². The molecular weight excluding hydrogens is 336 g/mol. The molecule has 0 fully saturated rings. The molecule has 0 spiro atoms. The van der Waals surface area contributed by atoms with Crippen molar-refractivity contribution in [3.8, 4) is 16.9 Å². The van der Waals surface area contributed by atoms with Crippen LogP contribution in [0.3, 0.4) is 0 Å². The smallest absolute Gasteiger partial charge is 0.347 e. The van der Waals surface area contributed by atoms with Gasteiger partial charge in [-0.05, 0) is 51.3 Å². The van der Waals surface area contributed by atoms with Crippen LogP contribution in [0.5, 0.6) is 5.75 Å². The zero-order chi connectivity index (χ0) is 19.6. The SMILES string of the molecule is CCOC(=O)c1c(C)oc(=O)c(-c2c(C)cc(C)cc2C)c1OC(C)=O. The van der Waals surface area contributed by atoms with Gasteiger partial charge in [-0.2, -0.15) is 0 Å². The Morgan fingerprint density at radius 3 is 2.12 bits per heavy atom. The minimum absolute atomic E-state index is 0.0378. The third-order valence-corrected chi connectivity index (χ3v) is 3.91. The van der Waals surface area contributed by atoms with Crippen molar-refractivity contribution in [2.75, 3.05) is 6.61 Å². The number of benzene rings is 1. The van der Waals surface area contributed by atoms with Gasteiger partial charge in [0.05, 0.1) is 6.61 Å². The lowest BCUT2D eigenvalue weighted by Crippen LogP contribution is -2.18. The Hall–Kier alpha value is -2.89. The summed E-state index contributed by atoms with van der Waals surface area (Å²) in [5, 5.41) is 0. The lowest BCUT2D eigenvalue weighted by atomic mass is 9.93. The van der Waals surface area contributed by atoms with E-state index in [1.54, 1.807) is 6.92 Å². The monoisotopic (exact) mass is 358 g/mol. The second kappa shape index (κ2) is 7.56. The lowest BCUT2D eigenvalue weighted by Gasteiger charge is -2.17. The second-order valence-corrected chi connectivity index (χ2v) is 6.11. The number of aryl methyl sites for hydroxylation is 4. The molecule has 0 unspecified atom stereocenters. The van der Waals surface area contributed by atoms with Gasteiger partial charge < -0.3 is 13.9 Å². The van der Waals surface area contributed by atoms with Crippen molar-refractivity contribution in [3.63, 3.8) is 0 Å². The molecule has 0 atom stereocenters. The van der Waals surface area contributed by atoms with E-state index < -0.39 is 17.6 Å². The first-order chi connectivity index (χ1) is 12.2. The van der Waals surface area contributed by atoms with Crippen LogP contribution < -0.4 is 10.4 Å². The maximum Gasteiger partial charge on any atom is 0.347 e. The highest BCUT2D eigenvalue weighted by Gasteiger charge is 2.29. The van der Waals surface area contributed by atoms with Gasteiger partial charge in [0, 0.05) is 6.92 Å². The normalized spacial score (nSPS) is 10.5. The van der Waals surface area contributed by atoms with Crippen molar-refractivity contribution in [1.29, 1.82) is 0 Å². The molecule has 0 amide bonds. The first kappa shape index (κ1) is 19.4. The van der Waals surface area contributed by atoms with Crippen molar-refractivity contribution in [3.05, 3.63) is 50.6 Å². The molecule has 138 valence electrons. The number of carbonyl (C=O) groups excluding carboxylic acids is 2. The standard InChI is InChI=1S/C20H22O6/c1-7-24-19(22)16-13(5)25-20(23)17(18(16)26-14(6)21)15-11(3)8-10(2)9-12(15)4/h8-9H,7H2,1-6H3. The van der Waals surface area contributed by atoms with Crippen LogP contribution in [-0.2, 0) is 9.53 Å². The Balaban J connectivity index is 2.94.